The first-order chi connectivity index (χ1) is 7.99. The SMILES string of the molecule is Cc1cc(F)c(O)c(C2CC(C(=O)O)CN2)c1. The lowest BCUT2D eigenvalue weighted by atomic mass is 9.98. The smallest absolute Gasteiger partial charge is 0.307 e. The van der Waals surface area contributed by atoms with Gasteiger partial charge < -0.3 is 15.5 Å². The van der Waals surface area contributed by atoms with Crippen LogP contribution in [0.1, 0.15) is 23.6 Å². The van der Waals surface area contributed by atoms with E-state index in [9.17, 15) is 14.3 Å². The van der Waals surface area contributed by atoms with Gasteiger partial charge in [0.25, 0.3) is 0 Å². The molecule has 0 bridgehead atoms. The highest BCUT2D eigenvalue weighted by Gasteiger charge is 2.32. The van der Waals surface area contributed by atoms with Crippen molar-refractivity contribution in [2.75, 3.05) is 6.54 Å². The molecule has 1 aliphatic heterocycles. The van der Waals surface area contributed by atoms with E-state index in [1.54, 1.807) is 13.0 Å². The molecule has 3 N–H and O–H groups in total. The molecule has 2 unspecified atom stereocenters. The topological polar surface area (TPSA) is 69.6 Å². The predicted molar refractivity (Wildman–Crippen MR) is 59.3 cm³/mol. The largest absolute Gasteiger partial charge is 0.505 e. The van der Waals surface area contributed by atoms with Crippen molar-refractivity contribution in [3.63, 3.8) is 0 Å². The molecule has 5 heteroatoms. The third-order valence-electron chi connectivity index (χ3n) is 3.09. The molecule has 0 radical (unpaired) electrons. The van der Waals surface area contributed by atoms with Crippen LogP contribution < -0.4 is 5.32 Å². The maximum Gasteiger partial charge on any atom is 0.307 e. The van der Waals surface area contributed by atoms with Crippen LogP contribution in [0.3, 0.4) is 0 Å². The minimum atomic E-state index is -0.868. The summed E-state index contributed by atoms with van der Waals surface area (Å²) < 4.78 is 13.4. The van der Waals surface area contributed by atoms with Crippen molar-refractivity contribution in [1.82, 2.24) is 5.32 Å². The first kappa shape index (κ1) is 11.9. The minimum Gasteiger partial charge on any atom is -0.505 e. The first-order valence-electron chi connectivity index (χ1n) is 5.44. The zero-order chi connectivity index (χ0) is 12.6. The molecule has 1 heterocycles. The van der Waals surface area contributed by atoms with Crippen LogP contribution in [0.25, 0.3) is 0 Å². The maximum atomic E-state index is 13.4. The molecular formula is C12H14FNO3. The Morgan fingerprint density at radius 3 is 2.82 bits per heavy atom. The van der Waals surface area contributed by atoms with Gasteiger partial charge in [0, 0.05) is 18.2 Å². The molecule has 1 fully saturated rings. The van der Waals surface area contributed by atoms with Crippen LogP contribution in [0.4, 0.5) is 4.39 Å². The van der Waals surface area contributed by atoms with Crippen molar-refractivity contribution < 1.29 is 19.4 Å². The van der Waals surface area contributed by atoms with Crippen LogP contribution >= 0.6 is 0 Å². The zero-order valence-electron chi connectivity index (χ0n) is 9.40. The zero-order valence-corrected chi connectivity index (χ0v) is 9.40. The molecule has 0 aromatic heterocycles. The van der Waals surface area contributed by atoms with Gasteiger partial charge in [-0.3, -0.25) is 4.79 Å². The van der Waals surface area contributed by atoms with Gasteiger partial charge in [0.15, 0.2) is 11.6 Å². The molecule has 1 aromatic rings. The second-order valence-electron chi connectivity index (χ2n) is 4.42. The summed E-state index contributed by atoms with van der Waals surface area (Å²) in [6.07, 6.45) is 0.367. The van der Waals surface area contributed by atoms with E-state index in [4.69, 9.17) is 5.11 Å². The third kappa shape index (κ3) is 2.24. The van der Waals surface area contributed by atoms with Gasteiger partial charge in [0.1, 0.15) is 0 Å². The normalized spacial score (nSPS) is 23.9. The molecule has 92 valence electrons. The van der Waals surface area contributed by atoms with Crippen LogP contribution in [0.15, 0.2) is 12.1 Å². The number of nitrogens with one attached hydrogen (secondary N) is 1. The average Bonchev–Trinajstić information content (AvgIpc) is 2.72. The molecule has 2 atom stereocenters. The van der Waals surface area contributed by atoms with Crippen LogP contribution in [-0.4, -0.2) is 22.7 Å². The van der Waals surface area contributed by atoms with Crippen molar-refractivity contribution in [1.29, 1.82) is 0 Å². The fraction of sp³-hybridized carbons (Fsp3) is 0.417. The van der Waals surface area contributed by atoms with Crippen molar-refractivity contribution in [3.05, 3.63) is 29.1 Å². The van der Waals surface area contributed by atoms with Gasteiger partial charge in [-0.1, -0.05) is 6.07 Å². The minimum absolute atomic E-state index is 0.300. The second-order valence-corrected chi connectivity index (χ2v) is 4.42. The summed E-state index contributed by atoms with van der Waals surface area (Å²) in [5.41, 5.74) is 1.14. The van der Waals surface area contributed by atoms with Crippen LogP contribution in [0.2, 0.25) is 0 Å². The number of phenols is 1. The Balaban J connectivity index is 2.27. The van der Waals surface area contributed by atoms with Gasteiger partial charge >= 0.3 is 5.97 Å². The first-order valence-corrected chi connectivity index (χ1v) is 5.44. The Hall–Kier alpha value is -1.62. The van der Waals surface area contributed by atoms with E-state index >= 15 is 0 Å². The van der Waals surface area contributed by atoms with Gasteiger partial charge in [-0.2, -0.15) is 0 Å². The Bertz CT molecular complexity index is 461. The van der Waals surface area contributed by atoms with E-state index in [2.05, 4.69) is 5.32 Å². The molecule has 2 rings (SSSR count). The van der Waals surface area contributed by atoms with E-state index in [0.29, 0.717) is 24.1 Å². The van der Waals surface area contributed by atoms with Crippen molar-refractivity contribution in [2.45, 2.75) is 19.4 Å². The lowest BCUT2D eigenvalue weighted by Gasteiger charge is -2.14. The van der Waals surface area contributed by atoms with E-state index in [-0.39, 0.29) is 11.8 Å². The summed E-state index contributed by atoms with van der Waals surface area (Å²) >= 11 is 0. The molecule has 17 heavy (non-hydrogen) atoms. The molecule has 0 amide bonds. The molecule has 1 saturated heterocycles. The van der Waals surface area contributed by atoms with Gasteiger partial charge in [0.2, 0.25) is 0 Å². The summed E-state index contributed by atoms with van der Waals surface area (Å²) in [6.45, 7) is 2.07. The van der Waals surface area contributed by atoms with E-state index < -0.39 is 17.7 Å². The van der Waals surface area contributed by atoms with Gasteiger partial charge in [0.05, 0.1) is 5.92 Å². The monoisotopic (exact) mass is 239 g/mol. The lowest BCUT2D eigenvalue weighted by Crippen LogP contribution is -2.17. The van der Waals surface area contributed by atoms with Gasteiger partial charge in [-0.15, -0.1) is 0 Å². The number of carboxylic acids is 1. The number of hydrogen-bond acceptors (Lipinski definition) is 3. The Morgan fingerprint density at radius 1 is 1.53 bits per heavy atom. The number of aliphatic carboxylic acids is 1. The molecule has 0 saturated carbocycles. The molecule has 0 aliphatic carbocycles. The van der Waals surface area contributed by atoms with Crippen LogP contribution in [-0.2, 0) is 4.79 Å². The number of aryl methyl sites for hydroxylation is 1. The fourth-order valence-electron chi connectivity index (χ4n) is 2.19. The summed E-state index contributed by atoms with van der Waals surface area (Å²) in [4.78, 5) is 10.8. The highest BCUT2D eigenvalue weighted by molar-refractivity contribution is 5.71. The number of phenolic OH excluding ortho intramolecular Hbond substituents is 1. The Morgan fingerprint density at radius 2 is 2.24 bits per heavy atom. The van der Waals surface area contributed by atoms with E-state index in [1.807, 2.05) is 0 Å². The van der Waals surface area contributed by atoms with Gasteiger partial charge in [-0.05, 0) is 25.0 Å². The third-order valence-corrected chi connectivity index (χ3v) is 3.09. The van der Waals surface area contributed by atoms with Crippen LogP contribution in [0.5, 0.6) is 5.75 Å². The average molecular weight is 239 g/mol. The number of benzene rings is 1. The second kappa shape index (κ2) is 4.33. The highest BCUT2D eigenvalue weighted by Crippen LogP contribution is 2.34. The Labute approximate surface area is 98.1 Å². The van der Waals surface area contributed by atoms with Crippen molar-refractivity contribution >= 4 is 5.97 Å². The van der Waals surface area contributed by atoms with E-state index in [1.165, 1.54) is 6.07 Å². The number of rotatable bonds is 2. The highest BCUT2D eigenvalue weighted by atomic mass is 19.1. The number of halogens is 1. The van der Waals surface area contributed by atoms with E-state index in [0.717, 1.165) is 0 Å². The summed E-state index contributed by atoms with van der Waals surface area (Å²) in [7, 11) is 0. The Kier molecular flexibility index (Phi) is 3.02. The summed E-state index contributed by atoms with van der Waals surface area (Å²) in [5, 5.41) is 21.5. The number of aromatic hydroxyl groups is 1. The van der Waals surface area contributed by atoms with Gasteiger partial charge in [-0.25, -0.2) is 4.39 Å². The molecule has 4 nitrogen and oxygen atoms in total. The quantitative estimate of drug-likeness (QED) is 0.732. The lowest BCUT2D eigenvalue weighted by molar-refractivity contribution is -0.141. The predicted octanol–water partition coefficient (Wildman–Crippen LogP) is 1.57. The summed E-state index contributed by atoms with van der Waals surface area (Å²) in [6, 6.07) is 2.63. The maximum absolute atomic E-state index is 13.4. The number of carboxylic acid groups (broad SMARTS) is 1. The van der Waals surface area contributed by atoms with Crippen LogP contribution in [0, 0.1) is 18.7 Å². The number of hydrogen-bond donors (Lipinski definition) is 3. The summed E-state index contributed by atoms with van der Waals surface area (Å²) in [5.74, 6) is -2.41. The standard InChI is InChI=1S/C12H14FNO3/c1-6-2-8(11(15)9(13)3-6)10-4-7(5-14-10)12(16)17/h2-3,7,10,14-15H,4-5H2,1H3,(H,16,17). The molecule has 1 aromatic carbocycles. The number of carbonyl (C=O) groups is 1. The molecular weight excluding hydrogens is 225 g/mol. The fourth-order valence-corrected chi connectivity index (χ4v) is 2.19. The van der Waals surface area contributed by atoms with Crippen molar-refractivity contribution in [2.24, 2.45) is 5.92 Å². The molecule has 1 aliphatic rings. The van der Waals surface area contributed by atoms with Crippen molar-refractivity contribution in [3.8, 4) is 5.75 Å². The molecule has 0 spiro atoms.